The van der Waals surface area contributed by atoms with Crippen molar-refractivity contribution in [2.24, 2.45) is 5.92 Å². The van der Waals surface area contributed by atoms with E-state index in [0.29, 0.717) is 5.92 Å². The van der Waals surface area contributed by atoms with Crippen molar-refractivity contribution < 1.29 is 0 Å². The summed E-state index contributed by atoms with van der Waals surface area (Å²) in [6.07, 6.45) is 2.25. The Bertz CT molecular complexity index is 482. The molecule has 80 valence electrons. The largest absolute Gasteiger partial charge is 0.347 e. The fourth-order valence-electron chi connectivity index (χ4n) is 1.99. The number of aromatic nitrogens is 1. The van der Waals surface area contributed by atoms with E-state index in [4.69, 9.17) is 0 Å². The minimum absolute atomic E-state index is 0.680. The number of fused-ring (bicyclic) bond motifs is 1. The van der Waals surface area contributed by atoms with E-state index >= 15 is 0 Å². The Kier molecular flexibility index (Phi) is 2.87. The van der Waals surface area contributed by atoms with Crippen LogP contribution in [0.5, 0.6) is 0 Å². The van der Waals surface area contributed by atoms with E-state index in [1.54, 1.807) is 0 Å². The summed E-state index contributed by atoms with van der Waals surface area (Å²) >= 11 is 3.53. The molecule has 1 nitrogen and oxygen atoms in total. The fourth-order valence-corrected chi connectivity index (χ4v) is 2.34. The van der Waals surface area contributed by atoms with Crippen molar-refractivity contribution in [1.29, 1.82) is 0 Å². The van der Waals surface area contributed by atoms with Gasteiger partial charge in [-0.25, -0.2) is 0 Å². The highest BCUT2D eigenvalue weighted by Crippen LogP contribution is 2.25. The first-order valence-electron chi connectivity index (χ1n) is 5.33. The van der Waals surface area contributed by atoms with Gasteiger partial charge in [0.1, 0.15) is 0 Å². The maximum atomic E-state index is 3.53. The second-order valence-corrected chi connectivity index (χ2v) is 5.44. The van der Waals surface area contributed by atoms with Crippen LogP contribution < -0.4 is 0 Å². The van der Waals surface area contributed by atoms with Crippen LogP contribution in [0, 0.1) is 12.8 Å². The minimum atomic E-state index is 0.680. The van der Waals surface area contributed by atoms with E-state index in [2.05, 4.69) is 65.7 Å². The highest BCUT2D eigenvalue weighted by Gasteiger charge is 2.06. The van der Waals surface area contributed by atoms with Crippen LogP contribution in [0.25, 0.3) is 10.9 Å². The van der Waals surface area contributed by atoms with Crippen molar-refractivity contribution in [2.45, 2.75) is 27.3 Å². The van der Waals surface area contributed by atoms with Crippen LogP contribution in [0.1, 0.15) is 19.4 Å². The number of hydrogen-bond acceptors (Lipinski definition) is 0. The van der Waals surface area contributed by atoms with Gasteiger partial charge < -0.3 is 4.57 Å². The lowest BCUT2D eigenvalue weighted by Crippen LogP contribution is -2.02. The maximum absolute atomic E-state index is 3.53. The zero-order chi connectivity index (χ0) is 11.0. The Morgan fingerprint density at radius 1 is 1.33 bits per heavy atom. The van der Waals surface area contributed by atoms with Crippen LogP contribution in [0.4, 0.5) is 0 Å². The summed E-state index contributed by atoms with van der Waals surface area (Å²) in [4.78, 5) is 0. The molecule has 0 saturated heterocycles. The molecule has 1 aromatic carbocycles. The fraction of sp³-hybridized carbons (Fsp3) is 0.385. The van der Waals surface area contributed by atoms with E-state index in [1.165, 1.54) is 16.5 Å². The van der Waals surface area contributed by atoms with Gasteiger partial charge in [-0.2, -0.15) is 0 Å². The molecule has 0 bridgehead atoms. The molecule has 1 heterocycles. The molecule has 0 spiro atoms. The molecule has 0 fully saturated rings. The van der Waals surface area contributed by atoms with Crippen LogP contribution in [-0.2, 0) is 6.54 Å². The Morgan fingerprint density at radius 2 is 2.07 bits per heavy atom. The number of hydrogen-bond donors (Lipinski definition) is 0. The lowest BCUT2D eigenvalue weighted by Gasteiger charge is -2.08. The van der Waals surface area contributed by atoms with Gasteiger partial charge in [-0.1, -0.05) is 35.8 Å². The molecule has 0 amide bonds. The van der Waals surface area contributed by atoms with Crippen molar-refractivity contribution in [1.82, 2.24) is 4.57 Å². The highest BCUT2D eigenvalue weighted by molar-refractivity contribution is 9.10. The molecule has 0 unspecified atom stereocenters. The molecule has 0 radical (unpaired) electrons. The Hall–Kier alpha value is -0.760. The molecule has 2 heteroatoms. The molecule has 2 rings (SSSR count). The Labute approximate surface area is 99.2 Å². The lowest BCUT2D eigenvalue weighted by molar-refractivity contribution is 0.535. The van der Waals surface area contributed by atoms with Crippen molar-refractivity contribution in [2.75, 3.05) is 0 Å². The summed E-state index contributed by atoms with van der Waals surface area (Å²) in [6, 6.07) is 6.49. The molecule has 0 N–H and O–H groups in total. The summed E-state index contributed by atoms with van der Waals surface area (Å²) < 4.78 is 3.50. The van der Waals surface area contributed by atoms with Crippen LogP contribution in [0.15, 0.2) is 28.9 Å². The molecule has 15 heavy (non-hydrogen) atoms. The van der Waals surface area contributed by atoms with Gasteiger partial charge in [0.2, 0.25) is 0 Å². The van der Waals surface area contributed by atoms with Crippen LogP contribution in [-0.4, -0.2) is 4.57 Å². The number of benzene rings is 1. The number of rotatable bonds is 2. The van der Waals surface area contributed by atoms with Crippen molar-refractivity contribution in [3.63, 3.8) is 0 Å². The third-order valence-electron chi connectivity index (χ3n) is 2.61. The predicted molar refractivity (Wildman–Crippen MR) is 69.2 cm³/mol. The van der Waals surface area contributed by atoms with Gasteiger partial charge >= 0.3 is 0 Å². The van der Waals surface area contributed by atoms with Crippen molar-refractivity contribution in [3.8, 4) is 0 Å². The molecule has 0 aliphatic carbocycles. The zero-order valence-electron chi connectivity index (χ0n) is 9.42. The van der Waals surface area contributed by atoms with E-state index in [1.807, 2.05) is 0 Å². The van der Waals surface area contributed by atoms with Gasteiger partial charge in [-0.3, -0.25) is 0 Å². The summed E-state index contributed by atoms with van der Waals surface area (Å²) in [6.45, 7) is 7.76. The van der Waals surface area contributed by atoms with Gasteiger partial charge in [0, 0.05) is 28.1 Å². The lowest BCUT2D eigenvalue weighted by atomic mass is 10.2. The van der Waals surface area contributed by atoms with E-state index in [0.717, 1.165) is 11.0 Å². The van der Waals surface area contributed by atoms with E-state index in [-0.39, 0.29) is 0 Å². The van der Waals surface area contributed by atoms with Crippen molar-refractivity contribution >= 4 is 26.8 Å². The summed E-state index contributed by atoms with van der Waals surface area (Å²) in [5.41, 5.74) is 2.69. The smallest absolute Gasteiger partial charge is 0.0494 e. The first-order valence-corrected chi connectivity index (χ1v) is 6.12. The average molecular weight is 266 g/mol. The van der Waals surface area contributed by atoms with Gasteiger partial charge in [-0.15, -0.1) is 0 Å². The summed E-state index contributed by atoms with van der Waals surface area (Å²) in [5, 5.41) is 1.36. The molecular formula is C13H16BrN. The molecule has 0 atom stereocenters. The number of halogens is 1. The van der Waals surface area contributed by atoms with Gasteiger partial charge in [-0.05, 0) is 30.5 Å². The zero-order valence-corrected chi connectivity index (χ0v) is 11.0. The van der Waals surface area contributed by atoms with E-state index < -0.39 is 0 Å². The molecule has 1 aromatic heterocycles. The number of aryl methyl sites for hydroxylation is 1. The molecule has 0 saturated carbocycles. The second-order valence-electron chi connectivity index (χ2n) is 4.52. The SMILES string of the molecule is Cc1cn(CC(C)C)c2cc(Br)ccc12. The highest BCUT2D eigenvalue weighted by atomic mass is 79.9. The molecular weight excluding hydrogens is 250 g/mol. The van der Waals surface area contributed by atoms with Crippen LogP contribution >= 0.6 is 15.9 Å². The first-order chi connectivity index (χ1) is 7.08. The maximum Gasteiger partial charge on any atom is 0.0494 e. The predicted octanol–water partition coefficient (Wildman–Crippen LogP) is 4.37. The molecule has 2 aromatic rings. The summed E-state index contributed by atoms with van der Waals surface area (Å²) in [7, 11) is 0. The molecule has 0 aliphatic rings. The number of nitrogens with zero attached hydrogens (tertiary/aromatic N) is 1. The first kappa shape index (κ1) is 10.7. The third kappa shape index (κ3) is 2.10. The Morgan fingerprint density at radius 3 is 2.73 bits per heavy atom. The quantitative estimate of drug-likeness (QED) is 0.760. The Balaban J connectivity index is 2.59. The molecule has 0 aliphatic heterocycles. The van der Waals surface area contributed by atoms with Gasteiger partial charge in [0.15, 0.2) is 0 Å². The topological polar surface area (TPSA) is 4.93 Å². The van der Waals surface area contributed by atoms with Crippen LogP contribution in [0.3, 0.4) is 0 Å². The average Bonchev–Trinajstić information content (AvgIpc) is 2.42. The van der Waals surface area contributed by atoms with Gasteiger partial charge in [0.05, 0.1) is 0 Å². The van der Waals surface area contributed by atoms with Crippen molar-refractivity contribution in [3.05, 3.63) is 34.4 Å². The minimum Gasteiger partial charge on any atom is -0.347 e. The second kappa shape index (κ2) is 4.01. The van der Waals surface area contributed by atoms with Gasteiger partial charge in [0.25, 0.3) is 0 Å². The third-order valence-corrected chi connectivity index (χ3v) is 3.10. The standard InChI is InChI=1S/C13H16BrN/c1-9(2)7-15-8-10(3)12-5-4-11(14)6-13(12)15/h4-6,8-9H,7H2,1-3H3. The van der Waals surface area contributed by atoms with Crippen LogP contribution in [0.2, 0.25) is 0 Å². The normalized spacial score (nSPS) is 11.5. The summed E-state index contributed by atoms with van der Waals surface area (Å²) in [5.74, 6) is 0.680. The van der Waals surface area contributed by atoms with E-state index in [9.17, 15) is 0 Å². The monoisotopic (exact) mass is 265 g/mol.